The lowest BCUT2D eigenvalue weighted by molar-refractivity contribution is 0.290. The van der Waals surface area contributed by atoms with Crippen LogP contribution in [-0.4, -0.2) is 6.04 Å². The fourth-order valence-corrected chi connectivity index (χ4v) is 2.16. The average Bonchev–Trinajstić information content (AvgIpc) is 2.37. The number of hydrogen-bond acceptors (Lipinski definition) is 2. The topological polar surface area (TPSA) is 35.2 Å². The molecule has 0 heterocycles. The summed E-state index contributed by atoms with van der Waals surface area (Å²) in [7, 11) is 0. The van der Waals surface area contributed by atoms with Crippen LogP contribution in [0.1, 0.15) is 18.1 Å². The zero-order valence-electron chi connectivity index (χ0n) is 11.3. The maximum absolute atomic E-state index is 13.9. The van der Waals surface area contributed by atoms with E-state index in [1.54, 1.807) is 18.2 Å². The zero-order valence-corrected chi connectivity index (χ0v) is 12.0. The second kappa shape index (κ2) is 6.73. The number of benzene rings is 2. The van der Waals surface area contributed by atoms with E-state index in [1.165, 1.54) is 6.07 Å². The van der Waals surface area contributed by atoms with Crippen LogP contribution in [0.25, 0.3) is 0 Å². The summed E-state index contributed by atoms with van der Waals surface area (Å²) < 4.78 is 19.4. The summed E-state index contributed by atoms with van der Waals surface area (Å²) >= 11 is 5.89. The third-order valence-corrected chi connectivity index (χ3v) is 3.07. The van der Waals surface area contributed by atoms with Crippen LogP contribution in [0.4, 0.5) is 4.39 Å². The molecule has 106 valence electrons. The summed E-state index contributed by atoms with van der Waals surface area (Å²) in [4.78, 5) is 0. The molecule has 20 heavy (non-hydrogen) atoms. The van der Waals surface area contributed by atoms with Gasteiger partial charge >= 0.3 is 0 Å². The molecular weight excluding hydrogens is 277 g/mol. The predicted octanol–water partition coefficient (Wildman–Crippen LogP) is 3.95. The molecule has 2 rings (SSSR count). The van der Waals surface area contributed by atoms with Crippen molar-refractivity contribution in [3.63, 3.8) is 0 Å². The maximum atomic E-state index is 13.9. The van der Waals surface area contributed by atoms with Crippen LogP contribution in [0.2, 0.25) is 5.02 Å². The van der Waals surface area contributed by atoms with Crippen LogP contribution in [-0.2, 0) is 13.0 Å². The first kappa shape index (κ1) is 14.8. The van der Waals surface area contributed by atoms with E-state index < -0.39 is 0 Å². The fraction of sp³-hybridized carbons (Fsp3) is 0.250. The van der Waals surface area contributed by atoms with Crippen LogP contribution in [0.15, 0.2) is 42.5 Å². The van der Waals surface area contributed by atoms with Crippen LogP contribution < -0.4 is 10.5 Å². The highest BCUT2D eigenvalue weighted by Gasteiger charge is 2.06. The standard InChI is InChI=1S/C16H17ClFNO/c1-11(19)7-12-5-6-16(15(18)9-12)20-10-13-3-2-4-14(17)8-13/h2-6,8-9,11H,7,10,19H2,1H3. The minimum absolute atomic E-state index is 0.00706. The summed E-state index contributed by atoms with van der Waals surface area (Å²) in [5, 5.41) is 0.638. The Bertz CT molecular complexity index is 586. The van der Waals surface area contributed by atoms with E-state index in [9.17, 15) is 4.39 Å². The molecule has 0 amide bonds. The Morgan fingerprint density at radius 3 is 2.65 bits per heavy atom. The first-order valence-corrected chi connectivity index (χ1v) is 6.83. The quantitative estimate of drug-likeness (QED) is 0.906. The second-order valence-electron chi connectivity index (χ2n) is 4.86. The van der Waals surface area contributed by atoms with Gasteiger partial charge in [0.05, 0.1) is 0 Å². The highest BCUT2D eigenvalue weighted by Crippen LogP contribution is 2.21. The molecule has 0 aromatic heterocycles. The van der Waals surface area contributed by atoms with Crippen LogP contribution >= 0.6 is 11.6 Å². The molecule has 2 nitrogen and oxygen atoms in total. The molecular formula is C16H17ClFNO. The van der Waals surface area contributed by atoms with Crippen molar-refractivity contribution in [1.29, 1.82) is 0 Å². The van der Waals surface area contributed by atoms with Crippen molar-refractivity contribution in [1.82, 2.24) is 0 Å². The van der Waals surface area contributed by atoms with Crippen LogP contribution in [0.3, 0.4) is 0 Å². The van der Waals surface area contributed by atoms with Gasteiger partial charge in [0.25, 0.3) is 0 Å². The van der Waals surface area contributed by atoms with E-state index in [-0.39, 0.29) is 24.2 Å². The van der Waals surface area contributed by atoms with Crippen LogP contribution in [0, 0.1) is 5.82 Å². The molecule has 0 aliphatic heterocycles. The highest BCUT2D eigenvalue weighted by atomic mass is 35.5. The molecule has 0 fully saturated rings. The van der Waals surface area contributed by atoms with Gasteiger partial charge in [0.15, 0.2) is 11.6 Å². The number of ether oxygens (including phenoxy) is 1. The fourth-order valence-electron chi connectivity index (χ4n) is 1.95. The number of halogens is 2. The molecule has 2 aromatic carbocycles. The predicted molar refractivity (Wildman–Crippen MR) is 79.5 cm³/mol. The molecule has 0 bridgehead atoms. The van der Waals surface area contributed by atoms with Crippen LogP contribution in [0.5, 0.6) is 5.75 Å². The van der Waals surface area contributed by atoms with Gasteiger partial charge in [-0.1, -0.05) is 29.8 Å². The first-order valence-electron chi connectivity index (χ1n) is 6.46. The van der Waals surface area contributed by atoms with Crippen molar-refractivity contribution >= 4 is 11.6 Å². The molecule has 0 radical (unpaired) electrons. The van der Waals surface area contributed by atoms with E-state index in [2.05, 4.69) is 0 Å². The van der Waals surface area contributed by atoms with Crippen molar-refractivity contribution < 1.29 is 9.13 Å². The summed E-state index contributed by atoms with van der Waals surface area (Å²) in [5.74, 6) is -0.136. The molecule has 0 aliphatic rings. The third kappa shape index (κ3) is 4.22. The Balaban J connectivity index is 2.03. The Labute approximate surface area is 123 Å². The Kier molecular flexibility index (Phi) is 4.99. The summed E-state index contributed by atoms with van der Waals surface area (Å²) in [6.45, 7) is 2.17. The third-order valence-electron chi connectivity index (χ3n) is 2.84. The molecule has 4 heteroatoms. The molecule has 0 aliphatic carbocycles. The largest absolute Gasteiger partial charge is 0.486 e. The van der Waals surface area contributed by atoms with E-state index in [0.717, 1.165) is 11.1 Å². The van der Waals surface area contributed by atoms with E-state index in [0.29, 0.717) is 11.4 Å². The normalized spacial score (nSPS) is 12.2. The molecule has 2 aromatic rings. The summed E-state index contributed by atoms with van der Waals surface area (Å²) in [6.07, 6.45) is 0.644. The number of nitrogens with two attached hydrogens (primary N) is 1. The molecule has 2 N–H and O–H groups in total. The monoisotopic (exact) mass is 293 g/mol. The Morgan fingerprint density at radius 1 is 1.20 bits per heavy atom. The van der Waals surface area contributed by atoms with Crippen molar-refractivity contribution in [3.8, 4) is 5.75 Å². The molecule has 1 unspecified atom stereocenters. The van der Waals surface area contributed by atoms with Gasteiger partial charge < -0.3 is 10.5 Å². The van der Waals surface area contributed by atoms with E-state index in [1.807, 2.05) is 25.1 Å². The lowest BCUT2D eigenvalue weighted by Crippen LogP contribution is -2.17. The van der Waals surface area contributed by atoms with Gasteiger partial charge in [-0.25, -0.2) is 4.39 Å². The lowest BCUT2D eigenvalue weighted by Gasteiger charge is -2.10. The summed E-state index contributed by atoms with van der Waals surface area (Å²) in [5.41, 5.74) is 7.46. The minimum atomic E-state index is -0.370. The smallest absolute Gasteiger partial charge is 0.165 e. The van der Waals surface area contributed by atoms with Gasteiger partial charge in [0.1, 0.15) is 6.61 Å². The highest BCUT2D eigenvalue weighted by molar-refractivity contribution is 6.30. The SMILES string of the molecule is CC(N)Cc1ccc(OCc2cccc(Cl)c2)c(F)c1. The molecule has 1 atom stereocenters. The minimum Gasteiger partial charge on any atom is -0.486 e. The van der Waals surface area contributed by atoms with Crippen molar-refractivity contribution in [2.45, 2.75) is 26.0 Å². The van der Waals surface area contributed by atoms with Gasteiger partial charge in [-0.15, -0.1) is 0 Å². The van der Waals surface area contributed by atoms with E-state index >= 15 is 0 Å². The lowest BCUT2D eigenvalue weighted by atomic mass is 10.1. The maximum Gasteiger partial charge on any atom is 0.165 e. The number of hydrogen-bond donors (Lipinski definition) is 1. The summed E-state index contributed by atoms with van der Waals surface area (Å²) in [6, 6.07) is 12.2. The van der Waals surface area contributed by atoms with Gasteiger partial charge in [-0.3, -0.25) is 0 Å². The first-order chi connectivity index (χ1) is 9.54. The van der Waals surface area contributed by atoms with Gasteiger partial charge in [0.2, 0.25) is 0 Å². The van der Waals surface area contributed by atoms with Gasteiger partial charge in [-0.05, 0) is 48.7 Å². The van der Waals surface area contributed by atoms with Crippen molar-refractivity contribution in [2.24, 2.45) is 5.73 Å². The Hall–Kier alpha value is -1.58. The molecule has 0 spiro atoms. The molecule has 0 saturated heterocycles. The van der Waals surface area contributed by atoms with Crippen molar-refractivity contribution in [3.05, 3.63) is 64.4 Å². The van der Waals surface area contributed by atoms with Gasteiger partial charge in [-0.2, -0.15) is 0 Å². The molecule has 0 saturated carbocycles. The Morgan fingerprint density at radius 2 is 2.00 bits per heavy atom. The zero-order chi connectivity index (χ0) is 14.5. The second-order valence-corrected chi connectivity index (χ2v) is 5.30. The van der Waals surface area contributed by atoms with Crippen molar-refractivity contribution in [2.75, 3.05) is 0 Å². The van der Waals surface area contributed by atoms with Gasteiger partial charge in [0, 0.05) is 11.1 Å². The average molecular weight is 294 g/mol. The van der Waals surface area contributed by atoms with E-state index in [4.69, 9.17) is 22.1 Å². The number of rotatable bonds is 5.